The molecule has 0 aromatic carbocycles. The van der Waals surface area contributed by atoms with Crippen LogP contribution in [0.3, 0.4) is 0 Å². The van der Waals surface area contributed by atoms with E-state index in [9.17, 15) is 0 Å². The number of hydrogen-bond donors (Lipinski definition) is 2. The molecule has 0 radical (unpaired) electrons. The van der Waals surface area contributed by atoms with Gasteiger partial charge in [0.1, 0.15) is 0 Å². The molecule has 14 heavy (non-hydrogen) atoms. The van der Waals surface area contributed by atoms with Crippen LogP contribution in [-0.2, 0) is 0 Å². The second-order valence-corrected chi connectivity index (χ2v) is 3.98. The van der Waals surface area contributed by atoms with Crippen molar-refractivity contribution in [3.63, 3.8) is 0 Å². The van der Waals surface area contributed by atoms with Gasteiger partial charge < -0.3 is 15.3 Å². The summed E-state index contributed by atoms with van der Waals surface area (Å²) in [6.07, 6.45) is 8.60. The molecule has 0 saturated carbocycles. The average molecular weight is 194 g/mol. The monoisotopic (exact) mass is 194 g/mol. The van der Waals surface area contributed by atoms with Gasteiger partial charge in [-0.25, -0.2) is 0 Å². The highest BCUT2D eigenvalue weighted by Gasteiger charge is 2.19. The number of allylic oxidation sites excluding steroid dienone is 1. The summed E-state index contributed by atoms with van der Waals surface area (Å²) in [6.45, 7) is 3.46. The topological polar surface area (TPSA) is 35.5 Å². The van der Waals surface area contributed by atoms with Crippen molar-refractivity contribution in [2.45, 2.75) is 12.8 Å². The standard InChI is InChI=1S/C11H18N2O/c14-9-10-3-7-13(8-4-10)11-1-5-12-6-2-11/h1-2,5,10,12,14H,3-4,6-9H2. The maximum absolute atomic E-state index is 9.03. The van der Waals surface area contributed by atoms with Crippen LogP contribution in [0, 0.1) is 5.92 Å². The first-order chi connectivity index (χ1) is 6.90. The molecule has 2 N–H and O–H groups in total. The van der Waals surface area contributed by atoms with Crippen molar-refractivity contribution in [3.05, 3.63) is 24.0 Å². The SMILES string of the molecule is OCC1CCN(C2=CCNC=C2)CC1. The van der Waals surface area contributed by atoms with Gasteiger partial charge in [-0.05, 0) is 37.1 Å². The van der Waals surface area contributed by atoms with Crippen molar-refractivity contribution >= 4 is 0 Å². The molecule has 3 nitrogen and oxygen atoms in total. The van der Waals surface area contributed by atoms with Gasteiger partial charge in [0.2, 0.25) is 0 Å². The molecule has 0 atom stereocenters. The smallest absolute Gasteiger partial charge is 0.0460 e. The first-order valence-corrected chi connectivity index (χ1v) is 5.36. The lowest BCUT2D eigenvalue weighted by atomic mass is 9.97. The van der Waals surface area contributed by atoms with Crippen molar-refractivity contribution < 1.29 is 5.11 Å². The normalized spacial score (nSPS) is 23.2. The van der Waals surface area contributed by atoms with Gasteiger partial charge in [0.05, 0.1) is 0 Å². The molecule has 2 aliphatic heterocycles. The Hall–Kier alpha value is -0.960. The van der Waals surface area contributed by atoms with Crippen molar-refractivity contribution in [2.24, 2.45) is 5.92 Å². The van der Waals surface area contributed by atoms with Gasteiger partial charge in [-0.15, -0.1) is 0 Å². The van der Waals surface area contributed by atoms with Crippen LogP contribution in [0.4, 0.5) is 0 Å². The molecule has 0 aromatic rings. The summed E-state index contributed by atoms with van der Waals surface area (Å²) >= 11 is 0. The number of aliphatic hydroxyl groups excluding tert-OH is 1. The van der Waals surface area contributed by atoms with E-state index < -0.39 is 0 Å². The lowest BCUT2D eigenvalue weighted by Crippen LogP contribution is -2.34. The Kier molecular flexibility index (Phi) is 3.09. The van der Waals surface area contributed by atoms with Gasteiger partial charge in [0.25, 0.3) is 0 Å². The predicted molar refractivity (Wildman–Crippen MR) is 56.6 cm³/mol. The van der Waals surface area contributed by atoms with Crippen LogP contribution in [0.15, 0.2) is 24.0 Å². The van der Waals surface area contributed by atoms with E-state index >= 15 is 0 Å². The number of nitrogens with one attached hydrogen (secondary N) is 1. The summed E-state index contributed by atoms with van der Waals surface area (Å²) in [5.41, 5.74) is 1.33. The van der Waals surface area contributed by atoms with Gasteiger partial charge in [-0.1, -0.05) is 0 Å². The van der Waals surface area contributed by atoms with Crippen LogP contribution in [0.5, 0.6) is 0 Å². The van der Waals surface area contributed by atoms with Crippen molar-refractivity contribution in [3.8, 4) is 0 Å². The molecular weight excluding hydrogens is 176 g/mol. The molecule has 0 bridgehead atoms. The number of piperidine rings is 1. The van der Waals surface area contributed by atoms with E-state index in [1.165, 1.54) is 5.70 Å². The van der Waals surface area contributed by atoms with Gasteiger partial charge in [0, 0.05) is 31.9 Å². The molecule has 1 saturated heterocycles. The number of dihydropyridines is 1. The van der Waals surface area contributed by atoms with Gasteiger partial charge >= 0.3 is 0 Å². The van der Waals surface area contributed by atoms with Crippen LogP contribution in [0.25, 0.3) is 0 Å². The number of rotatable bonds is 2. The van der Waals surface area contributed by atoms with Gasteiger partial charge in [0.15, 0.2) is 0 Å². The highest BCUT2D eigenvalue weighted by atomic mass is 16.3. The molecule has 0 spiro atoms. The number of likely N-dealkylation sites (tertiary alicyclic amines) is 1. The summed E-state index contributed by atoms with van der Waals surface area (Å²) in [5.74, 6) is 0.526. The predicted octanol–water partition coefficient (Wildman–Crippen LogP) is 0.692. The Labute approximate surface area is 85.1 Å². The second-order valence-electron chi connectivity index (χ2n) is 3.98. The zero-order valence-electron chi connectivity index (χ0n) is 8.45. The van der Waals surface area contributed by atoms with E-state index in [4.69, 9.17) is 5.11 Å². The Balaban J connectivity index is 1.88. The third-order valence-corrected chi connectivity index (χ3v) is 3.04. The first-order valence-electron chi connectivity index (χ1n) is 5.36. The lowest BCUT2D eigenvalue weighted by molar-refractivity contribution is 0.153. The van der Waals surface area contributed by atoms with E-state index in [-0.39, 0.29) is 0 Å². The fourth-order valence-electron chi connectivity index (χ4n) is 2.05. The fraction of sp³-hybridized carbons (Fsp3) is 0.636. The molecule has 0 amide bonds. The van der Waals surface area contributed by atoms with Gasteiger partial charge in [-0.3, -0.25) is 0 Å². The van der Waals surface area contributed by atoms with Crippen LogP contribution < -0.4 is 5.32 Å². The molecule has 1 fully saturated rings. The molecule has 2 rings (SSSR count). The molecule has 0 aliphatic carbocycles. The largest absolute Gasteiger partial charge is 0.396 e. The zero-order chi connectivity index (χ0) is 9.80. The number of nitrogens with zero attached hydrogens (tertiary/aromatic N) is 1. The molecular formula is C11H18N2O. The maximum Gasteiger partial charge on any atom is 0.0460 e. The third-order valence-electron chi connectivity index (χ3n) is 3.04. The van der Waals surface area contributed by atoms with E-state index in [1.54, 1.807) is 0 Å². The van der Waals surface area contributed by atoms with E-state index in [0.717, 1.165) is 32.5 Å². The van der Waals surface area contributed by atoms with Crippen LogP contribution in [0.2, 0.25) is 0 Å². The fourth-order valence-corrected chi connectivity index (χ4v) is 2.05. The van der Waals surface area contributed by atoms with Crippen LogP contribution in [0.1, 0.15) is 12.8 Å². The van der Waals surface area contributed by atoms with Gasteiger partial charge in [-0.2, -0.15) is 0 Å². The van der Waals surface area contributed by atoms with E-state index in [0.29, 0.717) is 12.5 Å². The Morgan fingerprint density at radius 1 is 1.43 bits per heavy atom. The quantitative estimate of drug-likeness (QED) is 0.679. The number of aliphatic hydroxyl groups is 1. The Morgan fingerprint density at radius 3 is 2.79 bits per heavy atom. The molecule has 78 valence electrons. The number of hydrogen-bond acceptors (Lipinski definition) is 3. The third kappa shape index (κ3) is 2.10. The summed E-state index contributed by atoms with van der Waals surface area (Å²) < 4.78 is 0. The zero-order valence-corrected chi connectivity index (χ0v) is 8.45. The minimum Gasteiger partial charge on any atom is -0.396 e. The minimum atomic E-state index is 0.351. The molecule has 0 aromatic heterocycles. The average Bonchev–Trinajstić information content (AvgIpc) is 2.30. The minimum absolute atomic E-state index is 0.351. The lowest BCUT2D eigenvalue weighted by Gasteiger charge is -2.34. The second kappa shape index (κ2) is 4.51. The van der Waals surface area contributed by atoms with Crippen molar-refractivity contribution in [2.75, 3.05) is 26.2 Å². The first kappa shape index (κ1) is 9.59. The van der Waals surface area contributed by atoms with E-state index in [2.05, 4.69) is 22.4 Å². The Morgan fingerprint density at radius 2 is 2.21 bits per heavy atom. The summed E-state index contributed by atoms with van der Waals surface area (Å²) in [6, 6.07) is 0. The van der Waals surface area contributed by atoms with Crippen LogP contribution >= 0.6 is 0 Å². The molecule has 3 heteroatoms. The molecule has 0 unspecified atom stereocenters. The van der Waals surface area contributed by atoms with Crippen LogP contribution in [-0.4, -0.2) is 36.2 Å². The van der Waals surface area contributed by atoms with E-state index in [1.807, 2.05) is 6.20 Å². The summed E-state index contributed by atoms with van der Waals surface area (Å²) in [4.78, 5) is 2.41. The highest BCUT2D eigenvalue weighted by Crippen LogP contribution is 2.20. The molecule has 2 aliphatic rings. The summed E-state index contributed by atoms with van der Waals surface area (Å²) in [7, 11) is 0. The molecule has 2 heterocycles. The van der Waals surface area contributed by atoms with Crippen molar-refractivity contribution in [1.82, 2.24) is 10.2 Å². The summed E-state index contributed by atoms with van der Waals surface area (Å²) in [5, 5.41) is 12.2. The Bertz CT molecular complexity index is 240. The van der Waals surface area contributed by atoms with Crippen molar-refractivity contribution in [1.29, 1.82) is 0 Å². The maximum atomic E-state index is 9.03. The highest BCUT2D eigenvalue weighted by molar-refractivity contribution is 5.21.